The molecule has 0 amide bonds. The largest absolute Gasteiger partial charge is 0.396 e. The number of aliphatic hydroxyl groups is 1. The van der Waals surface area contributed by atoms with Gasteiger partial charge in [-0.05, 0) is 32.1 Å². The number of nitrogens with zero attached hydrogens (tertiary/aromatic N) is 1. The first kappa shape index (κ1) is 11.1. The number of Topliss-reactive ketones (excluding diaryl/α,β-unsaturated/α-hetero) is 1. The maximum Gasteiger partial charge on any atom is 0.149 e. The Balaban J connectivity index is 1.77. The third-order valence-corrected chi connectivity index (χ3v) is 3.59. The van der Waals surface area contributed by atoms with E-state index in [-0.39, 0.29) is 6.61 Å². The maximum absolute atomic E-state index is 11.7. The fourth-order valence-corrected chi connectivity index (χ4v) is 2.15. The second-order valence-electron chi connectivity index (χ2n) is 4.87. The molecule has 2 fully saturated rings. The van der Waals surface area contributed by atoms with Crippen LogP contribution in [-0.4, -0.2) is 41.5 Å². The topological polar surface area (TPSA) is 40.5 Å². The standard InChI is InChI=1S/C12H21NO2/c14-8-2-7-13(11-3-1-4-11)9-12(15)10-5-6-10/h10-11,14H,1-9H2. The summed E-state index contributed by atoms with van der Waals surface area (Å²) < 4.78 is 0. The van der Waals surface area contributed by atoms with Gasteiger partial charge in [0.2, 0.25) is 0 Å². The Morgan fingerprint density at radius 3 is 2.47 bits per heavy atom. The lowest BCUT2D eigenvalue weighted by Gasteiger charge is -2.37. The third kappa shape index (κ3) is 3.02. The normalized spacial score (nSPS) is 21.7. The molecule has 0 radical (unpaired) electrons. The van der Waals surface area contributed by atoms with Crippen LogP contribution < -0.4 is 0 Å². The van der Waals surface area contributed by atoms with Crippen molar-refractivity contribution in [3.8, 4) is 0 Å². The molecular formula is C12H21NO2. The van der Waals surface area contributed by atoms with Crippen LogP contribution in [0.4, 0.5) is 0 Å². The quantitative estimate of drug-likeness (QED) is 0.688. The van der Waals surface area contributed by atoms with E-state index in [0.717, 1.165) is 25.8 Å². The smallest absolute Gasteiger partial charge is 0.149 e. The van der Waals surface area contributed by atoms with Crippen LogP contribution >= 0.6 is 0 Å². The molecule has 0 heterocycles. The van der Waals surface area contributed by atoms with Crippen molar-refractivity contribution in [3.05, 3.63) is 0 Å². The Morgan fingerprint density at radius 1 is 1.27 bits per heavy atom. The van der Waals surface area contributed by atoms with Crippen molar-refractivity contribution in [1.29, 1.82) is 0 Å². The van der Waals surface area contributed by atoms with Crippen molar-refractivity contribution < 1.29 is 9.90 Å². The molecule has 0 aromatic rings. The summed E-state index contributed by atoms with van der Waals surface area (Å²) in [5, 5.41) is 8.83. The molecule has 2 rings (SSSR count). The molecule has 0 atom stereocenters. The summed E-state index contributed by atoms with van der Waals surface area (Å²) in [6.45, 7) is 1.76. The Hall–Kier alpha value is -0.410. The highest BCUT2D eigenvalue weighted by Crippen LogP contribution is 2.31. The number of aliphatic hydroxyl groups excluding tert-OH is 1. The highest BCUT2D eigenvalue weighted by atomic mass is 16.3. The van der Waals surface area contributed by atoms with Gasteiger partial charge < -0.3 is 5.11 Å². The average molecular weight is 211 g/mol. The highest BCUT2D eigenvalue weighted by molar-refractivity contribution is 5.85. The molecule has 3 nitrogen and oxygen atoms in total. The van der Waals surface area contributed by atoms with Crippen LogP contribution in [0.3, 0.4) is 0 Å². The molecule has 0 bridgehead atoms. The van der Waals surface area contributed by atoms with Gasteiger partial charge in [0, 0.05) is 25.1 Å². The van der Waals surface area contributed by atoms with Crippen LogP contribution in [0.1, 0.15) is 38.5 Å². The lowest BCUT2D eigenvalue weighted by Crippen LogP contribution is -2.44. The van der Waals surface area contributed by atoms with Crippen LogP contribution in [0, 0.1) is 5.92 Å². The van der Waals surface area contributed by atoms with Gasteiger partial charge in [-0.3, -0.25) is 9.69 Å². The van der Waals surface area contributed by atoms with Crippen molar-refractivity contribution in [1.82, 2.24) is 4.90 Å². The molecule has 0 saturated heterocycles. The Labute approximate surface area is 91.5 Å². The van der Waals surface area contributed by atoms with Crippen LogP contribution in [0.25, 0.3) is 0 Å². The van der Waals surface area contributed by atoms with Crippen LogP contribution in [0.2, 0.25) is 0 Å². The minimum Gasteiger partial charge on any atom is -0.396 e. The molecule has 3 heteroatoms. The zero-order valence-electron chi connectivity index (χ0n) is 9.32. The van der Waals surface area contributed by atoms with E-state index in [9.17, 15) is 4.79 Å². The first-order chi connectivity index (χ1) is 7.31. The summed E-state index contributed by atoms with van der Waals surface area (Å²) in [6.07, 6.45) is 6.80. The van der Waals surface area contributed by atoms with Gasteiger partial charge in [-0.1, -0.05) is 6.42 Å². The molecule has 15 heavy (non-hydrogen) atoms. The van der Waals surface area contributed by atoms with Crippen molar-refractivity contribution in [3.63, 3.8) is 0 Å². The molecular weight excluding hydrogens is 190 g/mol. The van der Waals surface area contributed by atoms with E-state index in [2.05, 4.69) is 4.90 Å². The molecule has 2 aliphatic rings. The predicted octanol–water partition coefficient (Wildman–Crippen LogP) is 1.20. The number of rotatable bonds is 7. The number of ketones is 1. The summed E-state index contributed by atoms with van der Waals surface area (Å²) in [7, 11) is 0. The van der Waals surface area contributed by atoms with Crippen LogP contribution in [0.5, 0.6) is 0 Å². The van der Waals surface area contributed by atoms with Gasteiger partial charge in [0.1, 0.15) is 5.78 Å². The first-order valence-corrected chi connectivity index (χ1v) is 6.19. The highest BCUT2D eigenvalue weighted by Gasteiger charge is 2.33. The molecule has 0 aromatic heterocycles. The fourth-order valence-electron chi connectivity index (χ4n) is 2.15. The van der Waals surface area contributed by atoms with Crippen molar-refractivity contribution in [2.24, 2.45) is 5.92 Å². The van der Waals surface area contributed by atoms with E-state index in [0.29, 0.717) is 24.3 Å². The van der Waals surface area contributed by atoms with Crippen molar-refractivity contribution >= 4 is 5.78 Å². The third-order valence-electron chi connectivity index (χ3n) is 3.59. The van der Waals surface area contributed by atoms with Crippen molar-refractivity contribution in [2.75, 3.05) is 19.7 Å². The average Bonchev–Trinajstić information content (AvgIpc) is 2.93. The minimum absolute atomic E-state index is 0.237. The van der Waals surface area contributed by atoms with Gasteiger partial charge >= 0.3 is 0 Å². The lowest BCUT2D eigenvalue weighted by atomic mass is 9.91. The summed E-state index contributed by atoms with van der Waals surface area (Å²) in [4.78, 5) is 14.0. The van der Waals surface area contributed by atoms with Gasteiger partial charge in [-0.25, -0.2) is 0 Å². The minimum atomic E-state index is 0.237. The van der Waals surface area contributed by atoms with Crippen LogP contribution in [-0.2, 0) is 4.79 Å². The summed E-state index contributed by atoms with van der Waals surface area (Å²) in [6, 6.07) is 0.624. The van der Waals surface area contributed by atoms with Crippen molar-refractivity contribution in [2.45, 2.75) is 44.6 Å². The summed E-state index contributed by atoms with van der Waals surface area (Å²) in [5.74, 6) is 0.807. The van der Waals surface area contributed by atoms with E-state index in [1.165, 1.54) is 19.3 Å². The van der Waals surface area contributed by atoms with E-state index in [4.69, 9.17) is 5.11 Å². The molecule has 0 unspecified atom stereocenters. The van der Waals surface area contributed by atoms with Gasteiger partial charge in [0.15, 0.2) is 0 Å². The maximum atomic E-state index is 11.7. The van der Waals surface area contributed by atoms with E-state index >= 15 is 0 Å². The molecule has 2 aliphatic carbocycles. The van der Waals surface area contributed by atoms with Gasteiger partial charge in [0.25, 0.3) is 0 Å². The van der Waals surface area contributed by atoms with Gasteiger partial charge in [0.05, 0.1) is 6.54 Å². The van der Waals surface area contributed by atoms with Gasteiger partial charge in [-0.2, -0.15) is 0 Å². The lowest BCUT2D eigenvalue weighted by molar-refractivity contribution is -0.122. The van der Waals surface area contributed by atoms with E-state index < -0.39 is 0 Å². The molecule has 2 saturated carbocycles. The Morgan fingerprint density at radius 2 is 2.00 bits per heavy atom. The number of hydrogen-bond acceptors (Lipinski definition) is 3. The predicted molar refractivity (Wildman–Crippen MR) is 58.6 cm³/mol. The summed E-state index contributed by atoms with van der Waals surface area (Å²) in [5.41, 5.74) is 0. The zero-order chi connectivity index (χ0) is 10.7. The number of carbonyl (C=O) groups excluding carboxylic acids is 1. The monoisotopic (exact) mass is 211 g/mol. The first-order valence-electron chi connectivity index (χ1n) is 6.19. The Bertz CT molecular complexity index is 222. The molecule has 0 spiro atoms. The zero-order valence-corrected chi connectivity index (χ0v) is 9.32. The fraction of sp³-hybridized carbons (Fsp3) is 0.917. The number of carbonyl (C=O) groups is 1. The van der Waals surface area contributed by atoms with E-state index in [1.807, 2.05) is 0 Å². The second kappa shape index (κ2) is 5.08. The number of hydrogen-bond donors (Lipinski definition) is 1. The molecule has 86 valence electrons. The van der Waals surface area contributed by atoms with E-state index in [1.54, 1.807) is 0 Å². The summed E-state index contributed by atoms with van der Waals surface area (Å²) >= 11 is 0. The van der Waals surface area contributed by atoms with Gasteiger partial charge in [-0.15, -0.1) is 0 Å². The second-order valence-corrected chi connectivity index (χ2v) is 4.87. The Kier molecular flexibility index (Phi) is 3.76. The van der Waals surface area contributed by atoms with Crippen LogP contribution in [0.15, 0.2) is 0 Å². The molecule has 0 aromatic carbocycles. The SMILES string of the molecule is O=C(CN(CCCO)C1CCC1)C1CC1. The molecule has 0 aliphatic heterocycles. The molecule has 1 N–H and O–H groups in total.